The van der Waals surface area contributed by atoms with E-state index >= 15 is 4.79 Å². The molecule has 6 nitrogen and oxygen atoms in total. The number of carbonyl (C=O) groups is 1. The first-order valence-electron chi connectivity index (χ1n) is 27.7. The lowest BCUT2D eigenvalue weighted by Gasteiger charge is -2.28. The fourth-order valence-corrected chi connectivity index (χ4v) is 4.48. The quantitative estimate of drug-likeness (QED) is 0.0820. The molecule has 0 spiro atoms. The first-order valence-corrected chi connectivity index (χ1v) is 14.2. The molecule has 4 aromatic rings. The third-order valence-corrected chi connectivity index (χ3v) is 6.78. The van der Waals surface area contributed by atoms with Crippen LogP contribution in [0.1, 0.15) is 88.5 Å². The van der Waals surface area contributed by atoms with Crippen LogP contribution in [0.15, 0.2) is 82.5 Å². The molecule has 0 saturated carbocycles. The van der Waals surface area contributed by atoms with E-state index in [0.717, 1.165) is 0 Å². The second-order valence-corrected chi connectivity index (χ2v) is 10.0. The Morgan fingerprint density at radius 2 is 1.60 bits per heavy atom. The lowest BCUT2D eigenvalue weighted by atomic mass is 10.0. The van der Waals surface area contributed by atoms with Crippen molar-refractivity contribution >= 4 is 17.7 Å². The first kappa shape index (κ1) is 13.7. The Bertz CT molecular complexity index is 3110. The molecule has 0 bridgehead atoms. The SMILES string of the molecule is [2H]c1c([2H])c(CSc2nc(=O)c3c(n2C([2H])([2H])C(=O)N(C([2H])([2H])c2c([2H])c([2H])c(-c4c([2H])c([2H])c(C(F)(F)F)c([2H])c4[2H])c([2H])c2[2H])C([2H])([2H])C([2H])([2H])N(C([2H])([2H])C)C([2H])([2H])C)C([2H])([2H])C([2H])(C)C3([2H])[2H])c([2H])c([2H])c1F. The number of fused-ring (bicyclic) bond motifs is 1. The molecule has 0 radical (unpaired) electrons. The number of benzene rings is 3. The predicted molar refractivity (Wildman–Crippen MR) is 181 cm³/mol. The first-order chi connectivity index (χ1) is 34.2. The molecular weight excluding hydrogens is 640 g/mol. The molecule has 0 fully saturated rings. The van der Waals surface area contributed by atoms with Crippen LogP contribution in [0.5, 0.6) is 0 Å². The Labute approximate surface area is 323 Å². The minimum Gasteiger partial charge on any atom is -0.336 e. The van der Waals surface area contributed by atoms with Gasteiger partial charge in [0.2, 0.25) is 5.91 Å². The van der Waals surface area contributed by atoms with Gasteiger partial charge in [-0.25, -0.2) is 4.39 Å². The maximum Gasteiger partial charge on any atom is 0.416 e. The molecule has 0 aliphatic heterocycles. The normalized spacial score (nSPS) is 28.5. The van der Waals surface area contributed by atoms with Gasteiger partial charge in [0.25, 0.3) is 5.56 Å². The molecule has 0 N–H and O–H groups in total. The van der Waals surface area contributed by atoms with E-state index in [9.17, 15) is 30.6 Å². The number of thioether (sulfide) groups is 1. The van der Waals surface area contributed by atoms with Crippen LogP contribution in [0.25, 0.3) is 11.1 Å². The van der Waals surface area contributed by atoms with E-state index in [1.165, 1.54) is 0 Å². The fourth-order valence-electron chi connectivity index (χ4n) is 3.64. The molecule has 1 heterocycles. The van der Waals surface area contributed by atoms with Crippen LogP contribution < -0.4 is 5.56 Å². The Hall–Kier alpha value is -3.96. The van der Waals surface area contributed by atoms with Crippen LogP contribution in [0.3, 0.4) is 0 Å². The number of rotatable bonds is 13. The molecule has 1 aliphatic carbocycles. The van der Waals surface area contributed by atoms with Crippen molar-refractivity contribution in [1.82, 2.24) is 19.4 Å². The minimum atomic E-state index is -5.56. The van der Waals surface area contributed by atoms with Crippen molar-refractivity contribution in [3.05, 3.63) is 117 Å². The van der Waals surface area contributed by atoms with Gasteiger partial charge < -0.3 is 14.4 Å². The fraction of sp³-hybridized carbons (Fsp3) is 0.378. The number of amides is 1. The molecule has 1 aliphatic rings. The molecule has 3 aromatic carbocycles. The Morgan fingerprint density at radius 3 is 2.21 bits per heavy atom. The largest absolute Gasteiger partial charge is 0.416 e. The van der Waals surface area contributed by atoms with E-state index < -0.39 is 213 Å². The summed E-state index contributed by atoms with van der Waals surface area (Å²) in [6.45, 7) is -24.5. The smallest absolute Gasteiger partial charge is 0.336 e. The van der Waals surface area contributed by atoms with Crippen LogP contribution in [-0.2, 0) is 42.5 Å². The van der Waals surface area contributed by atoms with Crippen molar-refractivity contribution in [3.63, 3.8) is 0 Å². The van der Waals surface area contributed by atoms with Crippen LogP contribution in [-0.4, -0.2) is 51.2 Å². The molecule has 1 unspecified atom stereocenters. The van der Waals surface area contributed by atoms with Crippen LogP contribution in [0.2, 0.25) is 0 Å². The molecule has 5 rings (SSSR count). The van der Waals surface area contributed by atoms with Crippen molar-refractivity contribution in [2.24, 2.45) is 5.89 Å². The molecule has 1 amide bonds. The summed E-state index contributed by atoms with van der Waals surface area (Å²) in [5.41, 5.74) is -12.6. The van der Waals surface area contributed by atoms with E-state index in [0.29, 0.717) is 20.8 Å². The maximum atomic E-state index is 15.6. The number of aromatic nitrogens is 2. The summed E-state index contributed by atoms with van der Waals surface area (Å²) in [6.07, 6.45) is -12.9. The van der Waals surface area contributed by atoms with Gasteiger partial charge in [0.1, 0.15) is 12.3 Å². The Balaban J connectivity index is 1.99. The average Bonchev–Trinajstić information content (AvgIpc) is 3.35. The lowest BCUT2D eigenvalue weighted by Crippen LogP contribution is -2.40. The lowest BCUT2D eigenvalue weighted by molar-refractivity contribution is -0.137. The number of carbonyl (C=O) groups excluding carboxylic acids is 1. The molecule has 11 heteroatoms. The average molecular weight is 710 g/mol. The minimum absolute atomic E-state index is 0.104. The van der Waals surface area contributed by atoms with Gasteiger partial charge >= 0.3 is 6.18 Å². The van der Waals surface area contributed by atoms with Crippen LogP contribution in [0.4, 0.5) is 17.6 Å². The predicted octanol–water partition coefficient (Wildman–Crippen LogP) is 7.47. The van der Waals surface area contributed by atoms with Crippen LogP contribution in [0, 0.1) is 11.7 Å². The number of alkyl halides is 3. The zero-order valence-corrected chi connectivity index (χ0v) is 25.5. The highest BCUT2D eigenvalue weighted by atomic mass is 32.2. The highest BCUT2D eigenvalue weighted by Crippen LogP contribution is 2.32. The Morgan fingerprint density at radius 1 is 1.00 bits per heavy atom. The monoisotopic (exact) mass is 709 g/mol. The number of hydrogen-bond donors (Lipinski definition) is 0. The number of hydrogen-bond acceptors (Lipinski definition) is 5. The summed E-state index contributed by atoms with van der Waals surface area (Å²) in [6, 6.07) is -18.8. The van der Waals surface area contributed by atoms with E-state index in [1.54, 1.807) is 0 Å². The van der Waals surface area contributed by atoms with Gasteiger partial charge in [-0.3, -0.25) is 9.59 Å². The third-order valence-electron chi connectivity index (χ3n) is 5.81. The molecule has 1 aromatic heterocycles. The third kappa shape index (κ3) is 8.73. The van der Waals surface area contributed by atoms with E-state index in [4.69, 9.17) is 31.5 Å². The van der Waals surface area contributed by atoms with Crippen molar-refractivity contribution in [3.8, 4) is 11.1 Å². The number of nitrogens with zero attached hydrogens (tertiary/aromatic N) is 4. The van der Waals surface area contributed by atoms with E-state index in [2.05, 4.69) is 4.98 Å². The summed E-state index contributed by atoms with van der Waals surface area (Å²) >= 11 is -0.104. The molecule has 48 heavy (non-hydrogen) atoms. The standard InChI is InChI=1S/C37H40F4N4O2S/c1-4-43(5-2)18-19-44(22-26-6-10-28(11-7-26)29-12-14-30(15-13-29)37(39,40)41)34(46)23-45-33-21-25(3)20-32(33)35(47)42-36(45)48-24-27-8-16-31(38)17-9-27/h6-17,25H,4-5,18-24H2,1-3H3/i4D2,5D2,6D,7D,8D,9D,10D,11D,12D,13D,14D,15D,16D,17D,18D2,19D2,20D2,21D2,22D2,23D2,25D. The highest BCUT2D eigenvalue weighted by molar-refractivity contribution is 7.98. The van der Waals surface area contributed by atoms with Gasteiger partial charge in [0.05, 0.1) is 30.2 Å². The van der Waals surface area contributed by atoms with Gasteiger partial charge in [-0.15, -0.1) is 0 Å². The zero-order valence-electron chi connectivity index (χ0n) is 53.7. The maximum absolute atomic E-state index is 15.6. The van der Waals surface area contributed by atoms with Gasteiger partial charge in [-0.2, -0.15) is 18.2 Å². The van der Waals surface area contributed by atoms with Gasteiger partial charge in [-0.05, 0) is 78.1 Å². The zero-order chi connectivity index (χ0) is 60.1. The second kappa shape index (κ2) is 15.5. The van der Waals surface area contributed by atoms with Gasteiger partial charge in [-0.1, -0.05) is 80.9 Å². The summed E-state index contributed by atoms with van der Waals surface area (Å²) in [7, 11) is 0. The summed E-state index contributed by atoms with van der Waals surface area (Å²) < 4.78 is 308. The van der Waals surface area contributed by atoms with Crippen molar-refractivity contribution in [1.29, 1.82) is 0 Å². The summed E-state index contributed by atoms with van der Waals surface area (Å²) in [4.78, 5) is 31.2. The summed E-state index contributed by atoms with van der Waals surface area (Å²) in [5.74, 6) is -8.97. The van der Waals surface area contributed by atoms with Crippen LogP contribution >= 0.6 is 11.8 Å². The Kier molecular flexibility index (Phi) is 4.44. The summed E-state index contributed by atoms with van der Waals surface area (Å²) in [5, 5.41) is -1.39. The molecule has 0 saturated heterocycles. The van der Waals surface area contributed by atoms with E-state index in [-0.39, 0.29) is 16.3 Å². The molecule has 254 valence electrons. The molecular formula is C37H40F4N4O2S. The van der Waals surface area contributed by atoms with Crippen molar-refractivity contribution in [2.45, 2.75) is 63.6 Å². The van der Waals surface area contributed by atoms with Crippen molar-refractivity contribution < 1.29 is 62.1 Å². The number of likely N-dealkylation sites (N-methyl/N-ethyl adjacent to an activating group) is 1. The second-order valence-electron chi connectivity index (χ2n) is 9.08. The topological polar surface area (TPSA) is 58.4 Å². The molecule has 1 atom stereocenters. The van der Waals surface area contributed by atoms with Crippen molar-refractivity contribution in [2.75, 3.05) is 26.0 Å². The van der Waals surface area contributed by atoms with E-state index in [1.807, 2.05) is 0 Å². The highest BCUT2D eigenvalue weighted by Gasteiger charge is 2.30. The van der Waals surface area contributed by atoms with Gasteiger partial charge in [0.15, 0.2) is 5.16 Å². The number of halogens is 4. The van der Waals surface area contributed by atoms with Gasteiger partial charge in [0, 0.05) is 51.6 Å².